The number of hydrogen-bond donors (Lipinski definition) is 4. The Morgan fingerprint density at radius 3 is 2.36 bits per heavy atom. The van der Waals surface area contributed by atoms with E-state index in [0.29, 0.717) is 34.9 Å². The lowest BCUT2D eigenvalue weighted by Crippen LogP contribution is -2.30. The molecule has 0 spiro atoms. The molecule has 0 saturated carbocycles. The van der Waals surface area contributed by atoms with Crippen molar-refractivity contribution < 1.29 is 18.3 Å². The maximum Gasteiger partial charge on any atom is 0.229 e. The van der Waals surface area contributed by atoms with E-state index in [1.807, 2.05) is 4.57 Å². The number of anilines is 4. The molecule has 0 amide bonds. The van der Waals surface area contributed by atoms with Crippen LogP contribution in [-0.2, 0) is 0 Å². The van der Waals surface area contributed by atoms with Gasteiger partial charge in [-0.25, -0.2) is 23.1 Å². The van der Waals surface area contributed by atoms with E-state index in [9.17, 15) is 18.3 Å². The normalized spacial score (nSPS) is 14.5. The summed E-state index contributed by atoms with van der Waals surface area (Å²) in [5, 5.41) is 18.5. The summed E-state index contributed by atoms with van der Waals surface area (Å²) in [6.45, 7) is 1.54. The molecule has 170 valence electrons. The van der Waals surface area contributed by atoms with Crippen LogP contribution in [0.25, 0.3) is 11.2 Å². The van der Waals surface area contributed by atoms with Crippen molar-refractivity contribution in [1.82, 2.24) is 24.8 Å². The van der Waals surface area contributed by atoms with Gasteiger partial charge >= 0.3 is 0 Å². The summed E-state index contributed by atoms with van der Waals surface area (Å²) < 4.78 is 43.8. The van der Waals surface area contributed by atoms with Gasteiger partial charge in [-0.1, -0.05) is 0 Å². The van der Waals surface area contributed by atoms with E-state index in [1.54, 1.807) is 12.1 Å². The third-order valence-electron chi connectivity index (χ3n) is 5.47. The van der Waals surface area contributed by atoms with Gasteiger partial charge in [-0.05, 0) is 50.2 Å². The van der Waals surface area contributed by atoms with Crippen molar-refractivity contribution in [3.63, 3.8) is 0 Å². The molecular weight excluding hydrogens is 435 g/mol. The number of piperidine rings is 1. The quantitative estimate of drug-likeness (QED) is 0.332. The highest BCUT2D eigenvalue weighted by molar-refractivity contribution is 5.77. The van der Waals surface area contributed by atoms with Crippen LogP contribution >= 0.6 is 0 Å². The fourth-order valence-electron chi connectivity index (χ4n) is 3.90. The number of benzene rings is 2. The molecule has 1 saturated heterocycles. The van der Waals surface area contributed by atoms with Gasteiger partial charge in [0.25, 0.3) is 0 Å². The number of phenols is 1. The van der Waals surface area contributed by atoms with Crippen molar-refractivity contribution in [1.29, 1.82) is 0 Å². The number of nitrogens with one attached hydrogen (secondary N) is 3. The van der Waals surface area contributed by atoms with E-state index in [0.717, 1.165) is 25.9 Å². The lowest BCUT2D eigenvalue weighted by molar-refractivity contribution is 0.376. The second kappa shape index (κ2) is 8.58. The predicted octanol–water partition coefficient (Wildman–Crippen LogP) is 4.36. The van der Waals surface area contributed by atoms with Crippen molar-refractivity contribution in [2.24, 2.45) is 0 Å². The average Bonchev–Trinajstić information content (AvgIpc) is 3.15. The maximum absolute atomic E-state index is 14.3. The van der Waals surface area contributed by atoms with Crippen LogP contribution in [0.1, 0.15) is 18.9 Å². The third-order valence-corrected chi connectivity index (χ3v) is 5.47. The Bertz CT molecular complexity index is 1280. The number of aromatic nitrogens is 4. The molecule has 3 heterocycles. The minimum absolute atomic E-state index is 0.0262. The number of fused-ring (bicyclic) bond motifs is 1. The van der Waals surface area contributed by atoms with Crippen LogP contribution in [0.3, 0.4) is 0 Å². The Kier molecular flexibility index (Phi) is 5.47. The van der Waals surface area contributed by atoms with Crippen LogP contribution in [0, 0.1) is 17.5 Å². The lowest BCUT2D eigenvalue weighted by atomic mass is 10.1. The summed E-state index contributed by atoms with van der Waals surface area (Å²) in [4.78, 5) is 13.3. The summed E-state index contributed by atoms with van der Waals surface area (Å²) in [5.74, 6) is -2.49. The molecule has 0 bridgehead atoms. The Morgan fingerprint density at radius 1 is 0.970 bits per heavy atom. The highest BCUT2D eigenvalue weighted by Crippen LogP contribution is 2.32. The monoisotopic (exact) mass is 455 g/mol. The fraction of sp³-hybridized carbons (Fsp3) is 0.227. The van der Waals surface area contributed by atoms with Crippen LogP contribution in [0.15, 0.2) is 42.6 Å². The zero-order valence-electron chi connectivity index (χ0n) is 17.3. The van der Waals surface area contributed by atoms with Crippen molar-refractivity contribution >= 4 is 34.4 Å². The highest BCUT2D eigenvalue weighted by atomic mass is 19.1. The number of rotatable bonds is 5. The minimum Gasteiger partial charge on any atom is -0.508 e. The molecule has 0 aliphatic carbocycles. The third kappa shape index (κ3) is 4.27. The zero-order valence-corrected chi connectivity index (χ0v) is 17.3. The van der Waals surface area contributed by atoms with E-state index in [1.165, 1.54) is 18.3 Å². The van der Waals surface area contributed by atoms with E-state index >= 15 is 0 Å². The average molecular weight is 455 g/mol. The smallest absolute Gasteiger partial charge is 0.229 e. The molecular formula is C22H20F3N7O. The molecule has 1 aliphatic heterocycles. The van der Waals surface area contributed by atoms with Gasteiger partial charge in [0, 0.05) is 23.9 Å². The molecule has 0 atom stereocenters. The Morgan fingerprint density at radius 2 is 1.67 bits per heavy atom. The first-order valence-electron chi connectivity index (χ1n) is 10.4. The Labute approximate surface area is 186 Å². The SMILES string of the molecule is Oc1ccc(Nc2ncc3nc(Nc4c(F)cc(F)cc4F)n(C4CCNCC4)c3n2)cc1. The largest absolute Gasteiger partial charge is 0.508 e. The van der Waals surface area contributed by atoms with Gasteiger partial charge in [0.2, 0.25) is 11.9 Å². The summed E-state index contributed by atoms with van der Waals surface area (Å²) in [7, 11) is 0. The first-order chi connectivity index (χ1) is 16.0. The van der Waals surface area contributed by atoms with Gasteiger partial charge in [0.15, 0.2) is 17.3 Å². The van der Waals surface area contributed by atoms with E-state index in [-0.39, 0.29) is 17.7 Å². The Balaban J connectivity index is 1.57. The Hall–Kier alpha value is -3.86. The molecule has 1 fully saturated rings. The fourth-order valence-corrected chi connectivity index (χ4v) is 3.90. The number of halogens is 3. The first kappa shape index (κ1) is 21.0. The van der Waals surface area contributed by atoms with Crippen LogP contribution in [0.2, 0.25) is 0 Å². The number of phenolic OH excluding ortho intramolecular Hbond substituents is 1. The number of imidazole rings is 1. The van der Waals surface area contributed by atoms with Crippen molar-refractivity contribution in [3.05, 3.63) is 60.0 Å². The van der Waals surface area contributed by atoms with Crippen molar-refractivity contribution in [2.45, 2.75) is 18.9 Å². The molecule has 2 aromatic carbocycles. The number of aromatic hydroxyl groups is 1. The van der Waals surface area contributed by atoms with Crippen molar-refractivity contribution in [3.8, 4) is 5.75 Å². The van der Waals surface area contributed by atoms with Crippen molar-refractivity contribution in [2.75, 3.05) is 23.7 Å². The van der Waals surface area contributed by atoms with Crippen LogP contribution in [0.5, 0.6) is 5.75 Å². The standard InChI is InChI=1S/C22H20F3N7O/c23-12-9-16(24)19(17(25)10-12)30-22-29-18-11-27-21(28-13-1-3-15(33)4-2-13)31-20(18)32(22)14-5-7-26-8-6-14/h1-4,9-11,14,26,33H,5-8H2,(H,29,30)(H,27,28,31). The molecule has 8 nitrogen and oxygen atoms in total. The van der Waals surface area contributed by atoms with Crippen LogP contribution in [-0.4, -0.2) is 37.7 Å². The molecule has 11 heteroatoms. The van der Waals surface area contributed by atoms with Gasteiger partial charge in [-0.2, -0.15) is 4.98 Å². The second-order valence-corrected chi connectivity index (χ2v) is 7.73. The topological polar surface area (TPSA) is 99.9 Å². The van der Waals surface area contributed by atoms with E-state index in [2.05, 4.69) is 30.9 Å². The summed E-state index contributed by atoms with van der Waals surface area (Å²) in [5.41, 5.74) is 1.12. The van der Waals surface area contributed by atoms with Gasteiger partial charge in [-0.3, -0.25) is 4.57 Å². The molecule has 5 rings (SSSR count). The van der Waals surface area contributed by atoms with E-state index in [4.69, 9.17) is 0 Å². The zero-order chi connectivity index (χ0) is 22.9. The van der Waals surface area contributed by atoms with Gasteiger partial charge < -0.3 is 21.1 Å². The van der Waals surface area contributed by atoms with Gasteiger partial charge in [0.1, 0.15) is 22.8 Å². The minimum atomic E-state index is -1.06. The lowest BCUT2D eigenvalue weighted by Gasteiger charge is -2.26. The maximum atomic E-state index is 14.3. The molecule has 1 aliphatic rings. The molecule has 4 N–H and O–H groups in total. The first-order valence-corrected chi connectivity index (χ1v) is 10.4. The predicted molar refractivity (Wildman–Crippen MR) is 117 cm³/mol. The summed E-state index contributed by atoms with van der Waals surface area (Å²) in [6.07, 6.45) is 3.05. The molecule has 4 aromatic rings. The van der Waals surface area contributed by atoms with Gasteiger partial charge in [-0.15, -0.1) is 0 Å². The van der Waals surface area contributed by atoms with Crippen LogP contribution in [0.4, 0.5) is 36.4 Å². The van der Waals surface area contributed by atoms with E-state index < -0.39 is 23.1 Å². The summed E-state index contributed by atoms with van der Waals surface area (Å²) >= 11 is 0. The number of nitrogens with zero attached hydrogens (tertiary/aromatic N) is 4. The highest BCUT2D eigenvalue weighted by Gasteiger charge is 2.24. The number of hydrogen-bond acceptors (Lipinski definition) is 7. The van der Waals surface area contributed by atoms with Crippen LogP contribution < -0.4 is 16.0 Å². The van der Waals surface area contributed by atoms with Gasteiger partial charge in [0.05, 0.1) is 6.20 Å². The molecule has 0 unspecified atom stereocenters. The molecule has 2 aromatic heterocycles. The summed E-state index contributed by atoms with van der Waals surface area (Å²) in [6, 6.07) is 7.63. The molecule has 0 radical (unpaired) electrons. The molecule has 33 heavy (non-hydrogen) atoms. The second-order valence-electron chi connectivity index (χ2n) is 7.73.